The maximum absolute atomic E-state index is 10.4. The Morgan fingerprint density at radius 2 is 2.10 bits per heavy atom. The summed E-state index contributed by atoms with van der Waals surface area (Å²) in [6, 6.07) is 5.67. The van der Waals surface area contributed by atoms with E-state index in [0.717, 1.165) is 23.5 Å². The Labute approximate surface area is 124 Å². The average molecular weight is 294 g/mol. The van der Waals surface area contributed by atoms with Gasteiger partial charge in [0.05, 0.1) is 6.10 Å². The summed E-state index contributed by atoms with van der Waals surface area (Å²) in [5.41, 5.74) is 1.81. The second-order valence-corrected chi connectivity index (χ2v) is 5.90. The van der Waals surface area contributed by atoms with Gasteiger partial charge < -0.3 is 5.11 Å². The first-order valence-corrected chi connectivity index (χ1v) is 7.16. The topological polar surface area (TPSA) is 50.9 Å². The van der Waals surface area contributed by atoms with Crippen molar-refractivity contribution >= 4 is 11.6 Å². The summed E-state index contributed by atoms with van der Waals surface area (Å²) < 4.78 is 1.84. The molecule has 5 heteroatoms. The lowest BCUT2D eigenvalue weighted by molar-refractivity contribution is 0.173. The zero-order valence-electron chi connectivity index (χ0n) is 12.0. The lowest BCUT2D eigenvalue weighted by Gasteiger charge is -2.14. The molecule has 0 spiro atoms. The molecule has 1 aromatic carbocycles. The highest BCUT2D eigenvalue weighted by Crippen LogP contribution is 2.26. The molecule has 2 rings (SSSR count). The van der Waals surface area contributed by atoms with Crippen molar-refractivity contribution in [3.63, 3.8) is 0 Å². The summed E-state index contributed by atoms with van der Waals surface area (Å²) in [5.74, 6) is 1.26. The van der Waals surface area contributed by atoms with Crippen LogP contribution in [0.1, 0.15) is 36.9 Å². The monoisotopic (exact) mass is 293 g/mol. The second-order valence-electron chi connectivity index (χ2n) is 5.50. The Morgan fingerprint density at radius 1 is 1.35 bits per heavy atom. The Bertz CT molecular complexity index is 580. The van der Waals surface area contributed by atoms with Gasteiger partial charge in [0.15, 0.2) is 0 Å². The van der Waals surface area contributed by atoms with Gasteiger partial charge in [-0.25, -0.2) is 9.67 Å². The molecule has 0 fully saturated rings. The van der Waals surface area contributed by atoms with E-state index in [9.17, 15) is 5.11 Å². The van der Waals surface area contributed by atoms with Crippen LogP contribution >= 0.6 is 11.6 Å². The SMILES string of the molecule is Cc1ccc(C(O)Cc2ncnn2CC(C)C)c(Cl)c1. The summed E-state index contributed by atoms with van der Waals surface area (Å²) in [4.78, 5) is 4.23. The molecule has 1 unspecified atom stereocenters. The van der Waals surface area contributed by atoms with E-state index >= 15 is 0 Å². The summed E-state index contributed by atoms with van der Waals surface area (Å²) in [6.45, 7) is 7.02. The molecule has 0 saturated carbocycles. The molecule has 2 aromatic rings. The van der Waals surface area contributed by atoms with Gasteiger partial charge in [0.1, 0.15) is 12.2 Å². The first kappa shape index (κ1) is 15.0. The summed E-state index contributed by atoms with van der Waals surface area (Å²) in [5, 5.41) is 15.1. The van der Waals surface area contributed by atoms with Crippen LogP contribution in [0.25, 0.3) is 0 Å². The molecular formula is C15H20ClN3O. The van der Waals surface area contributed by atoms with Gasteiger partial charge in [-0.1, -0.05) is 37.6 Å². The minimum atomic E-state index is -0.668. The molecule has 0 aliphatic rings. The number of halogens is 1. The van der Waals surface area contributed by atoms with Crippen LogP contribution in [-0.2, 0) is 13.0 Å². The molecule has 1 aromatic heterocycles. The van der Waals surface area contributed by atoms with Crippen molar-refractivity contribution in [1.29, 1.82) is 0 Å². The normalized spacial score (nSPS) is 12.9. The van der Waals surface area contributed by atoms with E-state index in [1.54, 1.807) is 0 Å². The molecular weight excluding hydrogens is 274 g/mol. The molecule has 1 N–H and O–H groups in total. The van der Waals surface area contributed by atoms with Crippen molar-refractivity contribution in [3.8, 4) is 0 Å². The van der Waals surface area contributed by atoms with Gasteiger partial charge in [-0.05, 0) is 30.0 Å². The zero-order valence-corrected chi connectivity index (χ0v) is 12.8. The summed E-state index contributed by atoms with van der Waals surface area (Å²) in [6.07, 6.45) is 1.27. The highest BCUT2D eigenvalue weighted by atomic mass is 35.5. The van der Waals surface area contributed by atoms with Crippen LogP contribution in [0.4, 0.5) is 0 Å². The van der Waals surface area contributed by atoms with Gasteiger partial charge in [-0.2, -0.15) is 5.10 Å². The van der Waals surface area contributed by atoms with E-state index in [2.05, 4.69) is 23.9 Å². The van der Waals surface area contributed by atoms with Crippen LogP contribution in [0.2, 0.25) is 5.02 Å². The lowest BCUT2D eigenvalue weighted by atomic mass is 10.0. The Hall–Kier alpha value is -1.39. The van der Waals surface area contributed by atoms with Gasteiger partial charge in [-0.3, -0.25) is 0 Å². The Kier molecular flexibility index (Phi) is 4.78. The van der Waals surface area contributed by atoms with E-state index in [1.165, 1.54) is 6.33 Å². The van der Waals surface area contributed by atoms with Crippen molar-refractivity contribution in [1.82, 2.24) is 14.8 Å². The largest absolute Gasteiger partial charge is 0.388 e. The standard InChI is InChI=1S/C15H20ClN3O/c1-10(2)8-19-15(17-9-18-19)7-14(20)12-5-4-11(3)6-13(12)16/h4-6,9-10,14,20H,7-8H2,1-3H3. The number of aliphatic hydroxyl groups excluding tert-OH is 1. The fourth-order valence-electron chi connectivity index (χ4n) is 2.13. The van der Waals surface area contributed by atoms with Crippen LogP contribution in [0.15, 0.2) is 24.5 Å². The molecule has 0 saturated heterocycles. The van der Waals surface area contributed by atoms with Gasteiger partial charge in [-0.15, -0.1) is 0 Å². The fourth-order valence-corrected chi connectivity index (χ4v) is 2.49. The third kappa shape index (κ3) is 3.58. The molecule has 0 amide bonds. The minimum Gasteiger partial charge on any atom is -0.388 e. The minimum absolute atomic E-state index is 0.412. The predicted molar refractivity (Wildman–Crippen MR) is 79.7 cm³/mol. The van der Waals surface area contributed by atoms with Crippen LogP contribution in [-0.4, -0.2) is 19.9 Å². The number of aromatic nitrogens is 3. The van der Waals surface area contributed by atoms with Crippen LogP contribution in [0, 0.1) is 12.8 Å². The number of nitrogens with zero attached hydrogens (tertiary/aromatic N) is 3. The maximum atomic E-state index is 10.4. The van der Waals surface area contributed by atoms with Gasteiger partial charge in [0.2, 0.25) is 0 Å². The third-order valence-electron chi connectivity index (χ3n) is 3.12. The first-order chi connectivity index (χ1) is 9.47. The molecule has 1 heterocycles. The van der Waals surface area contributed by atoms with E-state index in [-0.39, 0.29) is 0 Å². The van der Waals surface area contributed by atoms with Crippen LogP contribution < -0.4 is 0 Å². The summed E-state index contributed by atoms with van der Waals surface area (Å²) in [7, 11) is 0. The molecule has 0 radical (unpaired) electrons. The number of aliphatic hydroxyl groups is 1. The fraction of sp³-hybridized carbons (Fsp3) is 0.467. The van der Waals surface area contributed by atoms with Gasteiger partial charge in [0.25, 0.3) is 0 Å². The maximum Gasteiger partial charge on any atom is 0.138 e. The number of hydrogen-bond acceptors (Lipinski definition) is 3. The van der Waals surface area contributed by atoms with Crippen molar-refractivity contribution in [2.45, 2.75) is 39.8 Å². The predicted octanol–water partition coefficient (Wildman–Crippen LogP) is 3.17. The summed E-state index contributed by atoms with van der Waals surface area (Å²) >= 11 is 6.19. The number of rotatable bonds is 5. The number of aryl methyl sites for hydroxylation is 1. The van der Waals surface area contributed by atoms with Gasteiger partial charge >= 0.3 is 0 Å². The van der Waals surface area contributed by atoms with Crippen molar-refractivity contribution in [2.75, 3.05) is 0 Å². The molecule has 1 atom stereocenters. The highest BCUT2D eigenvalue weighted by Gasteiger charge is 2.16. The number of hydrogen-bond donors (Lipinski definition) is 1. The van der Waals surface area contributed by atoms with Gasteiger partial charge in [0, 0.05) is 18.0 Å². The van der Waals surface area contributed by atoms with Crippen molar-refractivity contribution < 1.29 is 5.11 Å². The second kappa shape index (κ2) is 6.37. The van der Waals surface area contributed by atoms with Crippen molar-refractivity contribution in [3.05, 3.63) is 46.5 Å². The zero-order chi connectivity index (χ0) is 14.7. The molecule has 108 valence electrons. The first-order valence-electron chi connectivity index (χ1n) is 6.78. The quantitative estimate of drug-likeness (QED) is 0.921. The molecule has 0 bridgehead atoms. The highest BCUT2D eigenvalue weighted by molar-refractivity contribution is 6.31. The van der Waals surface area contributed by atoms with E-state index in [4.69, 9.17) is 11.6 Å². The average Bonchev–Trinajstić information content (AvgIpc) is 2.75. The van der Waals surface area contributed by atoms with E-state index in [0.29, 0.717) is 17.4 Å². The number of benzene rings is 1. The lowest BCUT2D eigenvalue weighted by Crippen LogP contribution is -2.13. The molecule has 20 heavy (non-hydrogen) atoms. The van der Waals surface area contributed by atoms with Crippen LogP contribution in [0.5, 0.6) is 0 Å². The van der Waals surface area contributed by atoms with E-state index in [1.807, 2.05) is 29.8 Å². The molecule has 4 nitrogen and oxygen atoms in total. The van der Waals surface area contributed by atoms with Crippen LogP contribution in [0.3, 0.4) is 0 Å². The Balaban J connectivity index is 2.15. The smallest absolute Gasteiger partial charge is 0.138 e. The van der Waals surface area contributed by atoms with Crippen molar-refractivity contribution in [2.24, 2.45) is 5.92 Å². The van der Waals surface area contributed by atoms with E-state index < -0.39 is 6.10 Å². The molecule has 0 aliphatic heterocycles. The Morgan fingerprint density at radius 3 is 2.75 bits per heavy atom. The molecule has 0 aliphatic carbocycles. The third-order valence-corrected chi connectivity index (χ3v) is 3.45.